The first-order valence-corrected chi connectivity index (χ1v) is 4.50. The number of hydrogen-bond donors (Lipinski definition) is 1. The van der Waals surface area contributed by atoms with E-state index in [2.05, 4.69) is 4.74 Å². The molecule has 0 spiro atoms. The van der Waals surface area contributed by atoms with Crippen molar-refractivity contribution < 1.29 is 14.6 Å². The molecule has 0 unspecified atom stereocenters. The van der Waals surface area contributed by atoms with Crippen LogP contribution in [0.15, 0.2) is 29.2 Å². The molecule has 1 rings (SSSR count). The lowest BCUT2D eigenvalue weighted by molar-refractivity contribution is 0.143. The van der Waals surface area contributed by atoms with Crippen LogP contribution in [0.25, 0.3) is 0 Å². The molecule has 0 amide bonds. The maximum absolute atomic E-state index is 10.2. The third-order valence-electron chi connectivity index (χ3n) is 1.27. The van der Waals surface area contributed by atoms with Gasteiger partial charge in [-0.2, -0.15) is 0 Å². The molecule has 4 heteroatoms. The summed E-state index contributed by atoms with van der Waals surface area (Å²) in [5.41, 5.74) is 0. The van der Waals surface area contributed by atoms with Gasteiger partial charge in [0.05, 0.1) is 4.90 Å². The number of para-hydroxylation sites is 1. The van der Waals surface area contributed by atoms with Gasteiger partial charge >= 0.3 is 6.16 Å². The van der Waals surface area contributed by atoms with Crippen LogP contribution in [0.4, 0.5) is 4.79 Å². The van der Waals surface area contributed by atoms with Gasteiger partial charge in [-0.25, -0.2) is 4.79 Å². The SMILES string of the molecule is CSc1ccccc1OC(=O)O. The average Bonchev–Trinajstić information content (AvgIpc) is 2.04. The number of ether oxygens (including phenoxy) is 1. The third-order valence-corrected chi connectivity index (χ3v) is 2.04. The van der Waals surface area contributed by atoms with E-state index >= 15 is 0 Å². The molecular weight excluding hydrogens is 176 g/mol. The van der Waals surface area contributed by atoms with Crippen molar-refractivity contribution in [1.29, 1.82) is 0 Å². The van der Waals surface area contributed by atoms with Gasteiger partial charge < -0.3 is 9.84 Å². The van der Waals surface area contributed by atoms with Gasteiger partial charge in [0.15, 0.2) is 0 Å². The molecule has 0 aromatic heterocycles. The van der Waals surface area contributed by atoms with Crippen molar-refractivity contribution >= 4 is 17.9 Å². The topological polar surface area (TPSA) is 46.5 Å². The van der Waals surface area contributed by atoms with Crippen LogP contribution in [0.1, 0.15) is 0 Å². The Morgan fingerprint density at radius 3 is 2.75 bits per heavy atom. The van der Waals surface area contributed by atoms with E-state index in [0.717, 1.165) is 4.90 Å². The normalized spacial score (nSPS) is 9.42. The van der Waals surface area contributed by atoms with Crippen molar-refractivity contribution in [2.45, 2.75) is 4.90 Å². The standard InChI is InChI=1S/C8H8O3S/c1-12-7-5-3-2-4-6(7)11-8(9)10/h2-5H,1H3,(H,9,10). The van der Waals surface area contributed by atoms with Crippen LogP contribution in [0.5, 0.6) is 5.75 Å². The van der Waals surface area contributed by atoms with Gasteiger partial charge in [-0.1, -0.05) is 12.1 Å². The van der Waals surface area contributed by atoms with E-state index in [-0.39, 0.29) is 0 Å². The largest absolute Gasteiger partial charge is 0.511 e. The smallest absolute Gasteiger partial charge is 0.449 e. The summed E-state index contributed by atoms with van der Waals surface area (Å²) in [5, 5.41) is 8.36. The highest BCUT2D eigenvalue weighted by Gasteiger charge is 2.04. The molecule has 3 nitrogen and oxygen atoms in total. The second kappa shape index (κ2) is 4.01. The Balaban J connectivity index is 2.89. The first kappa shape index (κ1) is 8.93. The van der Waals surface area contributed by atoms with Crippen molar-refractivity contribution in [3.8, 4) is 5.75 Å². The lowest BCUT2D eigenvalue weighted by Crippen LogP contribution is -2.03. The molecule has 0 aliphatic carbocycles. The van der Waals surface area contributed by atoms with Gasteiger partial charge in [0.25, 0.3) is 0 Å². The predicted octanol–water partition coefficient (Wildman–Crippen LogP) is 2.47. The summed E-state index contributed by atoms with van der Waals surface area (Å²) in [6.45, 7) is 0. The fraction of sp³-hybridized carbons (Fsp3) is 0.125. The van der Waals surface area contributed by atoms with Crippen molar-refractivity contribution in [2.24, 2.45) is 0 Å². The maximum Gasteiger partial charge on any atom is 0.511 e. The number of carboxylic acid groups (broad SMARTS) is 1. The first-order chi connectivity index (χ1) is 5.74. The lowest BCUT2D eigenvalue weighted by Gasteiger charge is -2.03. The van der Waals surface area contributed by atoms with Gasteiger partial charge in [-0.15, -0.1) is 11.8 Å². The van der Waals surface area contributed by atoms with Crippen LogP contribution in [0.2, 0.25) is 0 Å². The molecule has 0 saturated heterocycles. The lowest BCUT2D eigenvalue weighted by atomic mass is 10.3. The van der Waals surface area contributed by atoms with E-state index in [0.29, 0.717) is 5.75 Å². The minimum atomic E-state index is -1.28. The highest BCUT2D eigenvalue weighted by Crippen LogP contribution is 2.26. The fourth-order valence-corrected chi connectivity index (χ4v) is 1.32. The summed E-state index contributed by atoms with van der Waals surface area (Å²) < 4.78 is 4.53. The molecule has 1 aromatic rings. The van der Waals surface area contributed by atoms with E-state index < -0.39 is 6.16 Å². The number of carbonyl (C=O) groups is 1. The zero-order valence-corrected chi connectivity index (χ0v) is 7.30. The molecule has 12 heavy (non-hydrogen) atoms. The molecule has 0 bridgehead atoms. The second-order valence-electron chi connectivity index (χ2n) is 2.02. The number of hydrogen-bond acceptors (Lipinski definition) is 3. The minimum absolute atomic E-state index is 0.387. The van der Waals surface area contributed by atoms with Crippen LogP contribution in [0, 0.1) is 0 Å². The molecule has 64 valence electrons. The molecule has 0 aliphatic heterocycles. The monoisotopic (exact) mass is 184 g/mol. The summed E-state index contributed by atoms with van der Waals surface area (Å²) in [5.74, 6) is 0.387. The van der Waals surface area contributed by atoms with E-state index in [1.165, 1.54) is 11.8 Å². The second-order valence-corrected chi connectivity index (χ2v) is 2.87. The molecule has 0 saturated carbocycles. The van der Waals surface area contributed by atoms with E-state index in [9.17, 15) is 4.79 Å². The Morgan fingerprint density at radius 1 is 1.50 bits per heavy atom. The van der Waals surface area contributed by atoms with Crippen LogP contribution in [0.3, 0.4) is 0 Å². The number of thioether (sulfide) groups is 1. The zero-order valence-electron chi connectivity index (χ0n) is 6.48. The zero-order chi connectivity index (χ0) is 8.97. The molecule has 0 atom stereocenters. The minimum Gasteiger partial charge on any atom is -0.449 e. The highest BCUT2D eigenvalue weighted by atomic mass is 32.2. The molecule has 0 radical (unpaired) electrons. The molecule has 0 fully saturated rings. The van der Waals surface area contributed by atoms with Crippen molar-refractivity contribution in [3.05, 3.63) is 24.3 Å². The Bertz CT molecular complexity index is 285. The maximum atomic E-state index is 10.2. The van der Waals surface area contributed by atoms with Gasteiger partial charge in [-0.05, 0) is 18.4 Å². The van der Waals surface area contributed by atoms with E-state index in [1.807, 2.05) is 18.4 Å². The number of benzene rings is 1. The summed E-state index contributed by atoms with van der Waals surface area (Å²) in [6, 6.07) is 7.00. The summed E-state index contributed by atoms with van der Waals surface area (Å²) in [4.78, 5) is 11.0. The predicted molar refractivity (Wildman–Crippen MR) is 46.9 cm³/mol. The Hall–Kier alpha value is -1.16. The van der Waals surface area contributed by atoms with Gasteiger partial charge in [0.2, 0.25) is 0 Å². The van der Waals surface area contributed by atoms with Crippen LogP contribution in [-0.2, 0) is 0 Å². The van der Waals surface area contributed by atoms with Crippen LogP contribution < -0.4 is 4.74 Å². The van der Waals surface area contributed by atoms with E-state index in [4.69, 9.17) is 5.11 Å². The number of rotatable bonds is 2. The van der Waals surface area contributed by atoms with Crippen LogP contribution in [-0.4, -0.2) is 17.5 Å². The van der Waals surface area contributed by atoms with Crippen molar-refractivity contribution in [1.82, 2.24) is 0 Å². The average molecular weight is 184 g/mol. The Morgan fingerprint density at radius 2 is 2.17 bits per heavy atom. The summed E-state index contributed by atoms with van der Waals surface area (Å²) >= 11 is 1.45. The first-order valence-electron chi connectivity index (χ1n) is 3.28. The quantitative estimate of drug-likeness (QED) is 0.435. The van der Waals surface area contributed by atoms with E-state index in [1.54, 1.807) is 12.1 Å². The molecule has 0 aliphatic rings. The summed E-state index contributed by atoms with van der Waals surface area (Å²) in [6.07, 6.45) is 0.584. The van der Waals surface area contributed by atoms with Gasteiger partial charge in [0, 0.05) is 0 Å². The summed E-state index contributed by atoms with van der Waals surface area (Å²) in [7, 11) is 0. The highest BCUT2D eigenvalue weighted by molar-refractivity contribution is 7.98. The Labute approximate surface area is 74.4 Å². The van der Waals surface area contributed by atoms with Gasteiger partial charge in [0.1, 0.15) is 5.75 Å². The van der Waals surface area contributed by atoms with Crippen molar-refractivity contribution in [2.75, 3.05) is 6.26 Å². The molecular formula is C8H8O3S. The Kier molecular flexibility index (Phi) is 2.99. The third kappa shape index (κ3) is 2.17. The fourth-order valence-electron chi connectivity index (χ4n) is 0.797. The van der Waals surface area contributed by atoms with Crippen LogP contribution >= 0.6 is 11.8 Å². The van der Waals surface area contributed by atoms with Crippen molar-refractivity contribution in [3.63, 3.8) is 0 Å². The molecule has 1 N–H and O–H groups in total. The molecule has 1 aromatic carbocycles. The van der Waals surface area contributed by atoms with Gasteiger partial charge in [-0.3, -0.25) is 0 Å². The molecule has 0 heterocycles.